The highest BCUT2D eigenvalue weighted by atomic mass is 16.6. The first kappa shape index (κ1) is 22.1. The Kier molecular flexibility index (Phi) is 7.30. The molecule has 30 heavy (non-hydrogen) atoms. The second-order valence-corrected chi connectivity index (χ2v) is 8.73. The lowest BCUT2D eigenvalue weighted by molar-refractivity contribution is -0.122. The molecule has 1 aliphatic rings. The van der Waals surface area contributed by atoms with Gasteiger partial charge < -0.3 is 9.57 Å². The fourth-order valence-electron chi connectivity index (χ4n) is 3.59. The third-order valence-corrected chi connectivity index (χ3v) is 5.59. The first-order valence-electron chi connectivity index (χ1n) is 10.9. The normalized spacial score (nSPS) is 14.3. The summed E-state index contributed by atoms with van der Waals surface area (Å²) in [5.41, 5.74) is 5.65. The molecule has 1 aliphatic carbocycles. The SMILES string of the molecule is CC(=NOCc1c(C(C)C)cccc1C(C)C)c1ccc(OCC(=O)C2CC2)cc1. The minimum absolute atomic E-state index is 0.160. The number of nitrogens with zero attached hydrogens (tertiary/aromatic N) is 1. The Bertz CT molecular complexity index is 867. The zero-order valence-corrected chi connectivity index (χ0v) is 18.8. The number of hydrogen-bond donors (Lipinski definition) is 0. The van der Waals surface area contributed by atoms with Gasteiger partial charge in [0, 0.05) is 5.92 Å². The average molecular weight is 408 g/mol. The van der Waals surface area contributed by atoms with Crippen LogP contribution in [0.2, 0.25) is 0 Å². The average Bonchev–Trinajstić information content (AvgIpc) is 3.57. The highest BCUT2D eigenvalue weighted by molar-refractivity contribution is 5.98. The molecular formula is C26H33NO3. The van der Waals surface area contributed by atoms with Crippen molar-refractivity contribution in [2.24, 2.45) is 11.1 Å². The Morgan fingerprint density at radius 1 is 1.00 bits per heavy atom. The van der Waals surface area contributed by atoms with Crippen molar-refractivity contribution in [3.63, 3.8) is 0 Å². The van der Waals surface area contributed by atoms with Crippen LogP contribution in [0.15, 0.2) is 47.6 Å². The van der Waals surface area contributed by atoms with Crippen LogP contribution in [0.1, 0.15) is 81.5 Å². The van der Waals surface area contributed by atoms with E-state index in [4.69, 9.17) is 9.57 Å². The summed E-state index contributed by atoms with van der Waals surface area (Å²) in [6.45, 7) is 11.4. The zero-order chi connectivity index (χ0) is 21.7. The van der Waals surface area contributed by atoms with Crippen molar-refractivity contribution in [3.05, 3.63) is 64.7 Å². The maximum absolute atomic E-state index is 11.8. The van der Waals surface area contributed by atoms with E-state index in [0.29, 0.717) is 24.2 Å². The van der Waals surface area contributed by atoms with Gasteiger partial charge in [0.1, 0.15) is 19.0 Å². The Hall–Kier alpha value is -2.62. The Morgan fingerprint density at radius 2 is 1.60 bits per heavy atom. The summed E-state index contributed by atoms with van der Waals surface area (Å²) in [5, 5.41) is 4.35. The Balaban J connectivity index is 1.62. The number of carbonyl (C=O) groups is 1. The van der Waals surface area contributed by atoms with Crippen LogP contribution in [0.4, 0.5) is 0 Å². The first-order chi connectivity index (χ1) is 14.4. The van der Waals surface area contributed by atoms with Crippen molar-refractivity contribution in [1.29, 1.82) is 0 Å². The molecule has 0 saturated heterocycles. The standard InChI is InChI=1S/C26H33NO3/c1-17(2)23-7-6-8-24(18(3)4)25(23)15-30-27-19(5)20-11-13-22(14-12-20)29-16-26(28)21-9-10-21/h6-8,11-14,17-18,21H,9-10,15-16H2,1-5H3. The van der Waals surface area contributed by atoms with E-state index >= 15 is 0 Å². The highest BCUT2D eigenvalue weighted by Gasteiger charge is 2.29. The second-order valence-electron chi connectivity index (χ2n) is 8.73. The van der Waals surface area contributed by atoms with Gasteiger partial charge in [-0.25, -0.2) is 0 Å². The van der Waals surface area contributed by atoms with Crippen LogP contribution in [0.5, 0.6) is 5.75 Å². The monoisotopic (exact) mass is 407 g/mol. The predicted molar refractivity (Wildman–Crippen MR) is 121 cm³/mol. The number of carbonyl (C=O) groups excluding carboxylic acids is 1. The molecule has 1 saturated carbocycles. The van der Waals surface area contributed by atoms with Gasteiger partial charge in [0.2, 0.25) is 0 Å². The molecule has 4 nitrogen and oxygen atoms in total. The Morgan fingerprint density at radius 3 is 2.13 bits per heavy atom. The highest BCUT2D eigenvalue weighted by Crippen LogP contribution is 2.30. The lowest BCUT2D eigenvalue weighted by atomic mass is 9.89. The van der Waals surface area contributed by atoms with Crippen molar-refractivity contribution in [2.75, 3.05) is 6.61 Å². The maximum Gasteiger partial charge on any atom is 0.173 e. The van der Waals surface area contributed by atoms with Gasteiger partial charge in [-0.05, 0) is 78.1 Å². The van der Waals surface area contributed by atoms with E-state index in [0.717, 1.165) is 24.1 Å². The van der Waals surface area contributed by atoms with Crippen molar-refractivity contribution in [1.82, 2.24) is 0 Å². The van der Waals surface area contributed by atoms with Gasteiger partial charge in [-0.2, -0.15) is 0 Å². The van der Waals surface area contributed by atoms with Crippen LogP contribution in [-0.4, -0.2) is 18.1 Å². The molecule has 0 heterocycles. The molecule has 0 bridgehead atoms. The van der Waals surface area contributed by atoms with Gasteiger partial charge in [0.25, 0.3) is 0 Å². The molecule has 0 atom stereocenters. The van der Waals surface area contributed by atoms with Crippen LogP contribution in [-0.2, 0) is 16.2 Å². The van der Waals surface area contributed by atoms with Crippen molar-refractivity contribution in [2.45, 2.75) is 65.9 Å². The molecule has 0 unspecified atom stereocenters. The second kappa shape index (κ2) is 9.92. The van der Waals surface area contributed by atoms with Gasteiger partial charge in [-0.15, -0.1) is 0 Å². The molecule has 2 aromatic carbocycles. The molecule has 0 amide bonds. The van der Waals surface area contributed by atoms with E-state index in [1.807, 2.05) is 31.2 Å². The van der Waals surface area contributed by atoms with Gasteiger partial charge in [0.15, 0.2) is 5.78 Å². The minimum atomic E-state index is 0.160. The summed E-state index contributed by atoms with van der Waals surface area (Å²) >= 11 is 0. The summed E-state index contributed by atoms with van der Waals surface area (Å²) in [6.07, 6.45) is 2.02. The number of ketones is 1. The summed E-state index contributed by atoms with van der Waals surface area (Å²) in [7, 11) is 0. The van der Waals surface area contributed by atoms with E-state index in [1.165, 1.54) is 16.7 Å². The summed E-state index contributed by atoms with van der Waals surface area (Å²) in [4.78, 5) is 17.5. The smallest absolute Gasteiger partial charge is 0.173 e. The van der Waals surface area contributed by atoms with E-state index in [1.54, 1.807) is 0 Å². The fraction of sp³-hybridized carbons (Fsp3) is 0.462. The van der Waals surface area contributed by atoms with Gasteiger partial charge >= 0.3 is 0 Å². The molecule has 0 aromatic heterocycles. The molecule has 1 fully saturated rings. The predicted octanol–water partition coefficient (Wildman–Crippen LogP) is 6.23. The Labute approximate surface area is 180 Å². The molecule has 0 spiro atoms. The van der Waals surface area contributed by atoms with Crippen LogP contribution < -0.4 is 4.74 Å². The number of hydrogen-bond acceptors (Lipinski definition) is 4. The van der Waals surface area contributed by atoms with E-state index in [-0.39, 0.29) is 18.3 Å². The molecule has 4 heteroatoms. The fourth-order valence-corrected chi connectivity index (χ4v) is 3.59. The molecule has 0 radical (unpaired) electrons. The first-order valence-corrected chi connectivity index (χ1v) is 10.9. The molecule has 160 valence electrons. The van der Waals surface area contributed by atoms with Gasteiger partial charge in [-0.1, -0.05) is 51.0 Å². The maximum atomic E-state index is 11.8. The summed E-state index contributed by atoms with van der Waals surface area (Å²) < 4.78 is 5.59. The van der Waals surface area contributed by atoms with E-state index < -0.39 is 0 Å². The van der Waals surface area contributed by atoms with E-state index in [2.05, 4.69) is 51.0 Å². The number of rotatable bonds is 10. The third-order valence-electron chi connectivity index (χ3n) is 5.59. The van der Waals surface area contributed by atoms with E-state index in [9.17, 15) is 4.79 Å². The van der Waals surface area contributed by atoms with Crippen molar-refractivity contribution < 1.29 is 14.4 Å². The largest absolute Gasteiger partial charge is 0.486 e. The quantitative estimate of drug-likeness (QED) is 0.346. The van der Waals surface area contributed by atoms with Gasteiger partial charge in [-0.3, -0.25) is 4.79 Å². The number of oxime groups is 1. The van der Waals surface area contributed by atoms with Crippen molar-refractivity contribution >= 4 is 11.5 Å². The third kappa shape index (κ3) is 5.71. The minimum Gasteiger partial charge on any atom is -0.486 e. The summed E-state index contributed by atoms with van der Waals surface area (Å²) in [5.74, 6) is 2.01. The topological polar surface area (TPSA) is 47.9 Å². The van der Waals surface area contributed by atoms with Crippen LogP contribution >= 0.6 is 0 Å². The number of benzene rings is 2. The van der Waals surface area contributed by atoms with Crippen molar-refractivity contribution in [3.8, 4) is 5.75 Å². The molecule has 2 aromatic rings. The molecule has 0 aliphatic heterocycles. The zero-order valence-electron chi connectivity index (χ0n) is 18.8. The molecule has 3 rings (SSSR count). The molecular weight excluding hydrogens is 374 g/mol. The lowest BCUT2D eigenvalue weighted by Gasteiger charge is -2.18. The number of Topliss-reactive ketones (excluding diaryl/α,β-unsaturated/α-hetero) is 1. The van der Waals surface area contributed by atoms with Crippen LogP contribution in [0.3, 0.4) is 0 Å². The number of ether oxygens (including phenoxy) is 1. The van der Waals surface area contributed by atoms with Gasteiger partial charge in [0.05, 0.1) is 5.71 Å². The summed E-state index contributed by atoms with van der Waals surface area (Å²) in [6, 6.07) is 14.1. The molecule has 0 N–H and O–H groups in total. The lowest BCUT2D eigenvalue weighted by Crippen LogP contribution is -2.12. The van der Waals surface area contributed by atoms with Crippen LogP contribution in [0, 0.1) is 5.92 Å². The van der Waals surface area contributed by atoms with Crippen LogP contribution in [0.25, 0.3) is 0 Å².